The Balaban J connectivity index is -0.000000208. The van der Waals surface area contributed by atoms with Crippen LogP contribution in [0, 0.1) is 0 Å². The largest absolute Gasteiger partial charge is 0.481 e. The average Bonchev–Trinajstić information content (AvgIpc) is 1.96. The lowest BCUT2D eigenvalue weighted by Crippen LogP contribution is -2.26. The molecule has 0 aromatic rings. The monoisotopic (exact) mass is 240 g/mol. The van der Waals surface area contributed by atoms with Crippen molar-refractivity contribution in [1.82, 2.24) is 0 Å². The van der Waals surface area contributed by atoms with Crippen LogP contribution in [0.1, 0.15) is 33.6 Å². The van der Waals surface area contributed by atoms with Crippen molar-refractivity contribution in [2.24, 2.45) is 11.5 Å². The van der Waals surface area contributed by atoms with Gasteiger partial charge in [-0.15, -0.1) is 12.4 Å². The van der Waals surface area contributed by atoms with Gasteiger partial charge in [0.1, 0.15) is 6.29 Å². The first-order chi connectivity index (χ1) is 6.16. The fourth-order valence-electron chi connectivity index (χ4n) is 0.358. The van der Waals surface area contributed by atoms with E-state index in [1.807, 2.05) is 20.8 Å². The minimum Gasteiger partial charge on any atom is -0.481 e. The zero-order chi connectivity index (χ0) is 11.8. The van der Waals surface area contributed by atoms with E-state index in [1.54, 1.807) is 0 Å². The van der Waals surface area contributed by atoms with Crippen molar-refractivity contribution in [1.29, 1.82) is 0 Å². The topological polar surface area (TPSA) is 106 Å². The molecule has 5 N–H and O–H groups in total. The summed E-state index contributed by atoms with van der Waals surface area (Å²) < 4.78 is 0. The van der Waals surface area contributed by atoms with Crippen molar-refractivity contribution < 1.29 is 14.7 Å². The summed E-state index contributed by atoms with van der Waals surface area (Å²) in [4.78, 5) is 19.6. The molecule has 1 atom stereocenters. The van der Waals surface area contributed by atoms with Crippen molar-refractivity contribution in [3.05, 3.63) is 0 Å². The van der Waals surface area contributed by atoms with Crippen LogP contribution in [0.5, 0.6) is 0 Å². The smallest absolute Gasteiger partial charge is 0.303 e. The van der Waals surface area contributed by atoms with Gasteiger partial charge in [-0.2, -0.15) is 0 Å². The third-order valence-electron chi connectivity index (χ3n) is 0.866. The standard InChI is InChI=1S/C5H9NO3.C4H11N.ClH/c6-4(3-7)1-2-5(8)9;1-4(2,3)5;/h3-4H,1-2,6H2,(H,8,9);5H2,1-3H3;1H/t4-;;/m0../s1. The first kappa shape index (κ1) is 19.9. The number of aliphatic carboxylic acids is 1. The van der Waals surface area contributed by atoms with Crippen molar-refractivity contribution in [3.8, 4) is 0 Å². The number of halogens is 1. The molecule has 0 saturated carbocycles. The van der Waals surface area contributed by atoms with Crippen molar-refractivity contribution in [2.45, 2.75) is 45.2 Å². The molecule has 0 rings (SSSR count). The highest BCUT2D eigenvalue weighted by atomic mass is 35.5. The van der Waals surface area contributed by atoms with Gasteiger partial charge in [-0.3, -0.25) is 4.79 Å². The molecule has 0 radical (unpaired) electrons. The van der Waals surface area contributed by atoms with Crippen LogP contribution in [0.2, 0.25) is 0 Å². The number of carboxylic acid groups (broad SMARTS) is 1. The molecule has 0 aliphatic heterocycles. The van der Waals surface area contributed by atoms with Crippen LogP contribution in [0.15, 0.2) is 0 Å². The fraction of sp³-hybridized carbons (Fsp3) is 0.778. The highest BCUT2D eigenvalue weighted by molar-refractivity contribution is 5.85. The van der Waals surface area contributed by atoms with Gasteiger partial charge in [0.25, 0.3) is 0 Å². The molecule has 0 aliphatic carbocycles. The maximum atomic E-state index is 9.85. The fourth-order valence-corrected chi connectivity index (χ4v) is 0.358. The lowest BCUT2D eigenvalue weighted by Gasteiger charge is -2.06. The zero-order valence-electron chi connectivity index (χ0n) is 9.40. The Kier molecular flexibility index (Phi) is 13.1. The third-order valence-corrected chi connectivity index (χ3v) is 0.866. The molecule has 0 bridgehead atoms. The van der Waals surface area contributed by atoms with Crippen molar-refractivity contribution in [2.75, 3.05) is 0 Å². The molecule has 15 heavy (non-hydrogen) atoms. The van der Waals surface area contributed by atoms with E-state index in [9.17, 15) is 9.59 Å². The number of nitrogens with two attached hydrogens (primary N) is 2. The van der Waals surface area contributed by atoms with Gasteiger partial charge in [-0.25, -0.2) is 0 Å². The lowest BCUT2D eigenvalue weighted by molar-refractivity contribution is -0.137. The number of rotatable bonds is 4. The second kappa shape index (κ2) is 9.89. The van der Waals surface area contributed by atoms with Crippen LogP contribution >= 0.6 is 12.4 Å². The number of carboxylic acids is 1. The maximum absolute atomic E-state index is 9.85. The zero-order valence-corrected chi connectivity index (χ0v) is 10.2. The van der Waals surface area contributed by atoms with E-state index in [1.165, 1.54) is 0 Å². The third kappa shape index (κ3) is 42.7. The summed E-state index contributed by atoms with van der Waals surface area (Å²) >= 11 is 0. The molecule has 0 fully saturated rings. The van der Waals surface area contributed by atoms with Crippen LogP contribution in [-0.4, -0.2) is 28.9 Å². The van der Waals surface area contributed by atoms with Crippen LogP contribution in [-0.2, 0) is 9.59 Å². The van der Waals surface area contributed by atoms with E-state index in [0.717, 1.165) is 0 Å². The number of aldehydes is 1. The first-order valence-electron chi connectivity index (χ1n) is 4.38. The minimum atomic E-state index is -0.924. The lowest BCUT2D eigenvalue weighted by atomic mass is 10.1. The highest BCUT2D eigenvalue weighted by Gasteiger charge is 2.02. The van der Waals surface area contributed by atoms with Crippen LogP contribution in [0.3, 0.4) is 0 Å². The SMILES string of the molecule is CC(C)(C)N.Cl.N[C@H](C=O)CCC(=O)O. The molecule has 0 unspecified atom stereocenters. The summed E-state index contributed by atoms with van der Waals surface area (Å²) in [6, 6.07) is -0.624. The predicted molar refractivity (Wildman–Crippen MR) is 62.1 cm³/mol. The second-order valence-electron chi connectivity index (χ2n) is 4.10. The quantitative estimate of drug-likeness (QED) is 0.622. The van der Waals surface area contributed by atoms with Crippen LogP contribution < -0.4 is 11.5 Å². The summed E-state index contributed by atoms with van der Waals surface area (Å²) in [5.74, 6) is -0.924. The van der Waals surface area contributed by atoms with Gasteiger partial charge in [0, 0.05) is 12.0 Å². The molecule has 0 heterocycles. The molecule has 6 heteroatoms. The summed E-state index contributed by atoms with van der Waals surface area (Å²) in [5.41, 5.74) is 10.4. The molecule has 92 valence electrons. The van der Waals surface area contributed by atoms with Gasteiger partial charge in [0.15, 0.2) is 0 Å². The number of hydrogen-bond acceptors (Lipinski definition) is 4. The Morgan fingerprint density at radius 1 is 1.47 bits per heavy atom. The van der Waals surface area contributed by atoms with Gasteiger partial charge >= 0.3 is 5.97 Å². The summed E-state index contributed by atoms with van der Waals surface area (Å²) in [7, 11) is 0. The number of carbonyl (C=O) groups is 2. The average molecular weight is 241 g/mol. The van der Waals surface area contributed by atoms with Crippen LogP contribution in [0.4, 0.5) is 0 Å². The molecule has 0 aromatic carbocycles. The van der Waals surface area contributed by atoms with Crippen molar-refractivity contribution >= 4 is 24.7 Å². The van der Waals surface area contributed by atoms with E-state index in [0.29, 0.717) is 6.29 Å². The molecule has 0 saturated heterocycles. The number of carbonyl (C=O) groups excluding carboxylic acids is 1. The minimum absolute atomic E-state index is 0. The Labute approximate surface area is 96.6 Å². The molecule has 0 aromatic heterocycles. The van der Waals surface area contributed by atoms with Gasteiger partial charge in [-0.05, 0) is 27.2 Å². The maximum Gasteiger partial charge on any atom is 0.303 e. The Morgan fingerprint density at radius 2 is 1.80 bits per heavy atom. The van der Waals surface area contributed by atoms with Crippen LogP contribution in [0.25, 0.3) is 0 Å². The predicted octanol–water partition coefficient (Wildman–Crippen LogP) is 0.543. The molecule has 0 spiro atoms. The first-order valence-corrected chi connectivity index (χ1v) is 4.38. The molecular formula is C9H21ClN2O3. The summed E-state index contributed by atoms with van der Waals surface area (Å²) in [5, 5.41) is 8.09. The molecule has 0 amide bonds. The van der Waals surface area contributed by atoms with Gasteiger partial charge in [-0.1, -0.05) is 0 Å². The summed E-state index contributed by atoms with van der Waals surface area (Å²) in [6.07, 6.45) is 0.724. The summed E-state index contributed by atoms with van der Waals surface area (Å²) in [6.45, 7) is 5.90. The van der Waals surface area contributed by atoms with E-state index in [2.05, 4.69) is 0 Å². The van der Waals surface area contributed by atoms with E-state index in [4.69, 9.17) is 16.6 Å². The highest BCUT2D eigenvalue weighted by Crippen LogP contribution is 1.90. The Bertz CT molecular complexity index is 175. The Morgan fingerprint density at radius 3 is 2.00 bits per heavy atom. The normalized spacial score (nSPS) is 11.5. The number of hydrogen-bond donors (Lipinski definition) is 3. The Hall–Kier alpha value is -0.650. The second-order valence-corrected chi connectivity index (χ2v) is 4.10. The molecule has 0 aliphatic rings. The molecule has 5 nitrogen and oxygen atoms in total. The van der Waals surface area contributed by atoms with Gasteiger partial charge in [0.05, 0.1) is 6.04 Å². The van der Waals surface area contributed by atoms with E-state index < -0.39 is 12.0 Å². The molecular weight excluding hydrogens is 220 g/mol. The van der Waals surface area contributed by atoms with E-state index in [-0.39, 0.29) is 30.8 Å². The van der Waals surface area contributed by atoms with Gasteiger partial charge < -0.3 is 21.4 Å². The van der Waals surface area contributed by atoms with Crippen molar-refractivity contribution in [3.63, 3.8) is 0 Å². The van der Waals surface area contributed by atoms with Gasteiger partial charge in [0.2, 0.25) is 0 Å². The van der Waals surface area contributed by atoms with E-state index >= 15 is 0 Å².